The Morgan fingerprint density at radius 1 is 1.05 bits per heavy atom. The summed E-state index contributed by atoms with van der Waals surface area (Å²) in [6.07, 6.45) is 3.41. The molecule has 1 heterocycles. The summed E-state index contributed by atoms with van der Waals surface area (Å²) >= 11 is 0. The lowest BCUT2D eigenvalue weighted by atomic mass is 10.1. The van der Waals surface area contributed by atoms with Crippen molar-refractivity contribution in [3.63, 3.8) is 0 Å². The van der Waals surface area contributed by atoms with Crippen molar-refractivity contribution in [3.8, 4) is 11.5 Å². The molecular weight excluding hydrogens is 468 g/mol. The lowest BCUT2D eigenvalue weighted by molar-refractivity contribution is 0.0585. The maximum absolute atomic E-state index is 13.8. The number of benzene rings is 2. The van der Waals surface area contributed by atoms with Gasteiger partial charge in [0, 0.05) is 19.0 Å². The first-order valence-electron chi connectivity index (χ1n) is 13.1. The monoisotopic (exact) mass is 506 g/mol. The Labute approximate surface area is 218 Å². The molecule has 0 aliphatic heterocycles. The van der Waals surface area contributed by atoms with Gasteiger partial charge in [-0.1, -0.05) is 43.7 Å². The Morgan fingerprint density at radius 3 is 2.43 bits per heavy atom. The Bertz CT molecular complexity index is 1290. The number of anilines is 1. The fourth-order valence-electron chi connectivity index (χ4n) is 4.15. The molecule has 1 aromatic heterocycles. The van der Waals surface area contributed by atoms with Crippen molar-refractivity contribution >= 4 is 22.7 Å². The number of hydrogen-bond acceptors (Lipinski definition) is 5. The van der Waals surface area contributed by atoms with Gasteiger partial charge in [0.1, 0.15) is 18.0 Å². The zero-order valence-electron chi connectivity index (χ0n) is 22.6. The molecule has 0 radical (unpaired) electrons. The minimum Gasteiger partial charge on any atom is -0.489 e. The summed E-state index contributed by atoms with van der Waals surface area (Å²) < 4.78 is 19.8. The van der Waals surface area contributed by atoms with Crippen molar-refractivity contribution in [2.75, 3.05) is 18.6 Å². The number of fused-ring (bicyclic) bond motifs is 1. The van der Waals surface area contributed by atoms with Crippen LogP contribution in [0.2, 0.25) is 0 Å². The summed E-state index contributed by atoms with van der Waals surface area (Å²) in [4.78, 5) is 28.4. The van der Waals surface area contributed by atoms with E-state index in [9.17, 15) is 9.59 Å². The molecule has 0 bridgehead atoms. The van der Waals surface area contributed by atoms with Crippen LogP contribution in [-0.4, -0.2) is 29.9 Å². The number of pyridine rings is 1. The highest BCUT2D eigenvalue weighted by Crippen LogP contribution is 2.39. The minimum atomic E-state index is -0.675. The second kappa shape index (κ2) is 11.3. The molecule has 0 N–H and O–H groups in total. The topological polar surface area (TPSA) is 70.0 Å². The average molecular weight is 507 g/mol. The first-order valence-corrected chi connectivity index (χ1v) is 13.1. The molecule has 0 saturated heterocycles. The van der Waals surface area contributed by atoms with Gasteiger partial charge < -0.3 is 14.2 Å². The van der Waals surface area contributed by atoms with E-state index in [1.165, 1.54) is 4.90 Å². The molecule has 0 unspecified atom stereocenters. The van der Waals surface area contributed by atoms with E-state index in [0.717, 1.165) is 31.2 Å². The van der Waals surface area contributed by atoms with E-state index in [2.05, 4.69) is 6.92 Å². The van der Waals surface area contributed by atoms with Gasteiger partial charge in [0.05, 0.1) is 12.0 Å². The summed E-state index contributed by atoms with van der Waals surface area (Å²) in [5.41, 5.74) is 0.225. The number of nitrogens with zero attached hydrogens (tertiary/aromatic N) is 2. The van der Waals surface area contributed by atoms with Crippen LogP contribution in [0, 0.1) is 5.92 Å². The third kappa shape index (κ3) is 6.64. The highest BCUT2D eigenvalue weighted by molar-refractivity contribution is 5.97. The highest BCUT2D eigenvalue weighted by atomic mass is 16.6. The third-order valence-corrected chi connectivity index (χ3v) is 6.29. The first kappa shape index (κ1) is 26.6. The van der Waals surface area contributed by atoms with Crippen LogP contribution in [0.3, 0.4) is 0 Å². The van der Waals surface area contributed by atoms with Crippen LogP contribution < -0.4 is 19.9 Å². The number of carbonyl (C=O) groups excluding carboxylic acids is 1. The number of aromatic nitrogens is 1. The zero-order valence-corrected chi connectivity index (χ0v) is 22.6. The zero-order chi connectivity index (χ0) is 26.6. The molecular formula is C30H38N2O5. The summed E-state index contributed by atoms with van der Waals surface area (Å²) in [7, 11) is 1.64. The maximum atomic E-state index is 13.8. The van der Waals surface area contributed by atoms with Crippen LogP contribution in [0.15, 0.2) is 53.3 Å². The smallest absolute Gasteiger partial charge is 0.415 e. The van der Waals surface area contributed by atoms with Crippen molar-refractivity contribution in [1.29, 1.82) is 0 Å². The normalized spacial score (nSPS) is 13.4. The molecule has 2 aromatic carbocycles. The van der Waals surface area contributed by atoms with Gasteiger partial charge in [-0.05, 0) is 69.7 Å². The molecule has 1 aliphatic rings. The molecule has 1 fully saturated rings. The Balaban J connectivity index is 1.83. The molecule has 7 heteroatoms. The molecule has 7 nitrogen and oxygen atoms in total. The van der Waals surface area contributed by atoms with Crippen LogP contribution in [0.5, 0.6) is 11.5 Å². The van der Waals surface area contributed by atoms with E-state index >= 15 is 0 Å². The lowest BCUT2D eigenvalue weighted by Crippen LogP contribution is -2.38. The number of amides is 1. The van der Waals surface area contributed by atoms with Crippen LogP contribution in [0.4, 0.5) is 10.6 Å². The Morgan fingerprint density at radius 2 is 1.78 bits per heavy atom. The van der Waals surface area contributed by atoms with Crippen LogP contribution >= 0.6 is 0 Å². The predicted molar refractivity (Wildman–Crippen MR) is 147 cm³/mol. The van der Waals surface area contributed by atoms with Crippen molar-refractivity contribution in [2.45, 2.75) is 72.1 Å². The molecule has 1 saturated carbocycles. The fourth-order valence-corrected chi connectivity index (χ4v) is 4.15. The number of ether oxygens (including phenoxy) is 3. The first-order chi connectivity index (χ1) is 17.7. The third-order valence-electron chi connectivity index (χ3n) is 6.29. The second-order valence-electron chi connectivity index (χ2n) is 10.7. The van der Waals surface area contributed by atoms with Crippen molar-refractivity contribution in [3.05, 3.63) is 64.4 Å². The van der Waals surface area contributed by atoms with Crippen LogP contribution in [-0.2, 0) is 17.9 Å². The summed E-state index contributed by atoms with van der Waals surface area (Å²) in [5.74, 6) is 1.97. The number of unbranched alkanes of at least 4 members (excludes halogenated alkanes) is 1. The minimum absolute atomic E-state index is 0.148. The Kier molecular flexibility index (Phi) is 8.10. The van der Waals surface area contributed by atoms with E-state index in [0.29, 0.717) is 53.8 Å². The van der Waals surface area contributed by atoms with Gasteiger partial charge in [0.15, 0.2) is 11.6 Å². The second-order valence-corrected chi connectivity index (χ2v) is 10.7. The summed E-state index contributed by atoms with van der Waals surface area (Å²) in [6, 6.07) is 15.4. The van der Waals surface area contributed by atoms with Crippen molar-refractivity contribution in [2.24, 2.45) is 5.92 Å². The predicted octanol–water partition coefficient (Wildman–Crippen LogP) is 6.54. The molecule has 1 amide bonds. The van der Waals surface area contributed by atoms with E-state index in [4.69, 9.17) is 14.2 Å². The van der Waals surface area contributed by atoms with Gasteiger partial charge in [-0.3, -0.25) is 14.3 Å². The molecule has 198 valence electrons. The van der Waals surface area contributed by atoms with Crippen LogP contribution in [0.25, 0.3) is 10.8 Å². The highest BCUT2D eigenvalue weighted by Gasteiger charge is 2.31. The van der Waals surface area contributed by atoms with Gasteiger partial charge >= 0.3 is 6.09 Å². The van der Waals surface area contributed by atoms with E-state index < -0.39 is 11.7 Å². The van der Waals surface area contributed by atoms with Crippen molar-refractivity contribution < 1.29 is 19.0 Å². The van der Waals surface area contributed by atoms with E-state index in [-0.39, 0.29) is 5.56 Å². The quantitative estimate of drug-likeness (QED) is 0.292. The molecule has 0 atom stereocenters. The fraction of sp³-hybridized carbons (Fsp3) is 0.467. The molecule has 4 rings (SSSR count). The van der Waals surface area contributed by atoms with Crippen LogP contribution in [0.1, 0.15) is 58.9 Å². The van der Waals surface area contributed by atoms with E-state index in [1.807, 2.05) is 63.2 Å². The van der Waals surface area contributed by atoms with Gasteiger partial charge in [0.2, 0.25) is 0 Å². The SMILES string of the molecule is CCCCOc1c(N(C)C(=O)OC(C)(C)C)n(CC2CC2)c(=O)c2ccc(OCc3ccccc3)cc12. The molecule has 0 spiro atoms. The standard InChI is InChI=1S/C30H38N2O5/c1-6-7-17-35-26-25-18-23(36-20-22-11-9-8-10-12-22)15-16-24(25)28(33)32(19-21-13-14-21)27(26)31(5)29(34)37-30(2,3)4/h8-12,15-16,18,21H,6-7,13-14,17,19-20H2,1-5H3. The summed E-state index contributed by atoms with van der Waals surface area (Å²) in [6.45, 7) is 8.98. The van der Waals surface area contributed by atoms with Gasteiger partial charge in [-0.25, -0.2) is 4.79 Å². The molecule has 3 aromatic rings. The molecule has 1 aliphatic carbocycles. The number of rotatable bonds is 10. The number of carbonyl (C=O) groups is 1. The van der Waals surface area contributed by atoms with E-state index in [1.54, 1.807) is 17.7 Å². The lowest BCUT2D eigenvalue weighted by Gasteiger charge is -2.28. The molecule has 37 heavy (non-hydrogen) atoms. The average Bonchev–Trinajstić information content (AvgIpc) is 3.69. The van der Waals surface area contributed by atoms with Gasteiger partial charge in [0.25, 0.3) is 5.56 Å². The maximum Gasteiger partial charge on any atom is 0.415 e. The summed E-state index contributed by atoms with van der Waals surface area (Å²) in [5, 5.41) is 1.17. The Hall–Kier alpha value is -3.48. The van der Waals surface area contributed by atoms with Crippen molar-refractivity contribution in [1.82, 2.24) is 4.57 Å². The van der Waals surface area contributed by atoms with Gasteiger partial charge in [-0.2, -0.15) is 0 Å². The largest absolute Gasteiger partial charge is 0.489 e. The number of hydrogen-bond donors (Lipinski definition) is 0. The van der Waals surface area contributed by atoms with Gasteiger partial charge in [-0.15, -0.1) is 0 Å².